The molecule has 0 radical (unpaired) electrons. The van der Waals surface area contributed by atoms with Gasteiger partial charge in [0.2, 0.25) is 0 Å². The van der Waals surface area contributed by atoms with Crippen molar-refractivity contribution in [3.05, 3.63) is 107 Å². The Labute approximate surface area is 266 Å². The number of aryl methyl sites for hydroxylation is 1. The van der Waals surface area contributed by atoms with Crippen molar-refractivity contribution in [3.63, 3.8) is 0 Å². The lowest BCUT2D eigenvalue weighted by Gasteiger charge is -2.34. The second-order valence-corrected chi connectivity index (χ2v) is 11.4. The van der Waals surface area contributed by atoms with Crippen LogP contribution in [-0.4, -0.2) is 54.0 Å². The molecule has 2 aliphatic heterocycles. The van der Waals surface area contributed by atoms with Gasteiger partial charge >= 0.3 is 0 Å². The molecule has 5 rings (SSSR count). The molecular formula is C35H47BrN4OS. The molecular weight excluding hydrogens is 604 g/mol. The molecule has 2 aromatic carbocycles. The molecule has 0 atom stereocenters. The molecule has 1 N–H and O–H groups in total. The standard InChI is InChI=1S/C28H31BrN4OS.C3H6.C2H6.C2H4/c1-5-23(29)27-31-24(21-11-7-6-10-19(21)2)18-26(32(27)3)30-20-14-16-33(17-15-20)28(34)22-12-8-9-13-25(22)35-4;1-2-3-1;2*1-2/h5-13,18,20,31H,1,14-17H2,2-4H3;1-3H2;1-2H3;1-2H2/b27-23+,30-26?;;;. The van der Waals surface area contributed by atoms with E-state index in [1.165, 1.54) is 24.8 Å². The number of hydrogen-bond donors (Lipinski definition) is 1. The quantitative estimate of drug-likeness (QED) is 0.259. The number of amidine groups is 1. The number of carbonyl (C=O) groups is 1. The molecule has 2 heterocycles. The maximum absolute atomic E-state index is 13.1. The first-order chi connectivity index (χ1) is 20.4. The van der Waals surface area contributed by atoms with Gasteiger partial charge in [-0.1, -0.05) is 82.2 Å². The second-order valence-electron chi connectivity index (χ2n) is 9.73. The Balaban J connectivity index is 0.000000796. The third-order valence-corrected chi connectivity index (χ3v) is 8.30. The summed E-state index contributed by atoms with van der Waals surface area (Å²) in [5, 5.41) is 3.54. The van der Waals surface area contributed by atoms with Crippen molar-refractivity contribution < 1.29 is 4.79 Å². The van der Waals surface area contributed by atoms with Gasteiger partial charge in [0.1, 0.15) is 11.7 Å². The summed E-state index contributed by atoms with van der Waals surface area (Å²) >= 11 is 5.25. The lowest BCUT2D eigenvalue weighted by Crippen LogP contribution is -2.42. The van der Waals surface area contributed by atoms with Crippen LogP contribution in [0.3, 0.4) is 0 Å². The van der Waals surface area contributed by atoms with Crippen molar-refractivity contribution in [3.8, 4) is 0 Å². The summed E-state index contributed by atoms with van der Waals surface area (Å²) in [7, 11) is 2.01. The monoisotopic (exact) mass is 650 g/mol. The van der Waals surface area contributed by atoms with Gasteiger partial charge in [0.15, 0.2) is 0 Å². The zero-order valence-corrected chi connectivity index (χ0v) is 28.4. The molecule has 0 bridgehead atoms. The van der Waals surface area contributed by atoms with E-state index in [0.29, 0.717) is 13.1 Å². The molecule has 42 heavy (non-hydrogen) atoms. The number of rotatable bonds is 5. The number of aliphatic imine (C=N–C) groups is 1. The SMILES string of the molecule is C1CC1.C=C.C=C/C(Br)=C1/NC(c2ccccc2C)=CC(=NC2CCN(C(=O)c3ccccc3SC)CC2)N1C.CC. The maximum Gasteiger partial charge on any atom is 0.254 e. The van der Waals surface area contributed by atoms with E-state index in [2.05, 4.69) is 71.0 Å². The van der Waals surface area contributed by atoms with Crippen molar-refractivity contribution in [2.45, 2.75) is 63.8 Å². The number of benzene rings is 2. The lowest BCUT2D eigenvalue weighted by atomic mass is 10.0. The average molecular weight is 652 g/mol. The van der Waals surface area contributed by atoms with Gasteiger partial charge in [0, 0.05) is 36.7 Å². The number of piperidine rings is 1. The summed E-state index contributed by atoms with van der Waals surface area (Å²) in [5.74, 6) is 1.91. The van der Waals surface area contributed by atoms with E-state index >= 15 is 0 Å². The van der Waals surface area contributed by atoms with Gasteiger partial charge in [-0.05, 0) is 59.6 Å². The Hall–Kier alpha value is -3.03. The molecule has 0 unspecified atom stereocenters. The third kappa shape index (κ3) is 9.77. The minimum Gasteiger partial charge on any atom is -0.340 e. The molecule has 3 aliphatic rings. The molecule has 0 aromatic heterocycles. The molecule has 1 saturated heterocycles. The molecule has 1 amide bonds. The smallest absolute Gasteiger partial charge is 0.254 e. The largest absolute Gasteiger partial charge is 0.340 e. The van der Waals surface area contributed by atoms with E-state index < -0.39 is 0 Å². The fourth-order valence-corrected chi connectivity index (χ4v) is 5.38. The highest BCUT2D eigenvalue weighted by molar-refractivity contribution is 9.11. The Bertz CT molecular complexity index is 1270. The van der Waals surface area contributed by atoms with Crippen molar-refractivity contribution in [1.29, 1.82) is 0 Å². The van der Waals surface area contributed by atoms with Crippen LogP contribution in [0.25, 0.3) is 5.70 Å². The van der Waals surface area contributed by atoms with Crippen LogP contribution >= 0.6 is 27.7 Å². The van der Waals surface area contributed by atoms with Crippen LogP contribution in [-0.2, 0) is 0 Å². The van der Waals surface area contributed by atoms with Crippen molar-refractivity contribution in [1.82, 2.24) is 15.1 Å². The van der Waals surface area contributed by atoms with E-state index in [1.54, 1.807) is 17.8 Å². The molecule has 1 aliphatic carbocycles. The molecule has 226 valence electrons. The van der Waals surface area contributed by atoms with Crippen LogP contribution in [0.15, 0.2) is 101 Å². The summed E-state index contributed by atoms with van der Waals surface area (Å²) in [5.41, 5.74) is 4.14. The Kier molecular flexibility index (Phi) is 15.5. The van der Waals surface area contributed by atoms with Crippen LogP contribution < -0.4 is 5.32 Å². The molecule has 5 nitrogen and oxygen atoms in total. The van der Waals surface area contributed by atoms with Crippen LogP contribution in [0, 0.1) is 6.92 Å². The zero-order valence-electron chi connectivity index (χ0n) is 26.0. The third-order valence-electron chi connectivity index (χ3n) is 6.80. The number of likely N-dealkylation sites (N-methyl/N-ethyl adjacent to an activating group) is 1. The molecule has 0 spiro atoms. The Morgan fingerprint density at radius 2 is 1.64 bits per heavy atom. The predicted octanol–water partition coefficient (Wildman–Crippen LogP) is 9.04. The van der Waals surface area contributed by atoms with E-state index in [-0.39, 0.29) is 11.9 Å². The van der Waals surface area contributed by atoms with Crippen LogP contribution in [0.2, 0.25) is 0 Å². The summed E-state index contributed by atoms with van der Waals surface area (Å²) in [6.07, 6.45) is 12.1. The maximum atomic E-state index is 13.1. The molecule has 2 aromatic rings. The van der Waals surface area contributed by atoms with Crippen LogP contribution in [0.1, 0.15) is 67.4 Å². The van der Waals surface area contributed by atoms with E-state index in [4.69, 9.17) is 4.99 Å². The first kappa shape index (κ1) is 35.2. The highest BCUT2D eigenvalue weighted by Crippen LogP contribution is 2.28. The number of likely N-dealkylation sites (tertiary alicyclic amines) is 1. The Morgan fingerprint density at radius 1 is 1.05 bits per heavy atom. The van der Waals surface area contributed by atoms with Gasteiger partial charge in [-0.3, -0.25) is 9.79 Å². The first-order valence-electron chi connectivity index (χ1n) is 14.7. The van der Waals surface area contributed by atoms with Gasteiger partial charge < -0.3 is 15.1 Å². The molecule has 2 fully saturated rings. The molecule has 7 heteroatoms. The number of hydrogen-bond acceptors (Lipinski definition) is 4. The summed E-state index contributed by atoms with van der Waals surface area (Å²) in [6, 6.07) is 16.3. The summed E-state index contributed by atoms with van der Waals surface area (Å²) in [4.78, 5) is 23.3. The van der Waals surface area contributed by atoms with Crippen LogP contribution in [0.5, 0.6) is 0 Å². The number of nitrogens with one attached hydrogen (secondary N) is 1. The van der Waals surface area contributed by atoms with Gasteiger partial charge in [-0.15, -0.1) is 24.9 Å². The number of thioether (sulfide) groups is 1. The first-order valence-corrected chi connectivity index (χ1v) is 16.8. The minimum atomic E-state index is 0.113. The second kappa shape index (κ2) is 18.5. The van der Waals surface area contributed by atoms with Crippen molar-refractivity contribution in [2.75, 3.05) is 26.4 Å². The van der Waals surface area contributed by atoms with Gasteiger partial charge in [0.05, 0.1) is 21.8 Å². The lowest BCUT2D eigenvalue weighted by molar-refractivity contribution is 0.0711. The van der Waals surface area contributed by atoms with Crippen molar-refractivity contribution in [2.24, 2.45) is 4.99 Å². The van der Waals surface area contributed by atoms with Gasteiger partial charge in [-0.25, -0.2) is 0 Å². The minimum absolute atomic E-state index is 0.113. The van der Waals surface area contributed by atoms with E-state index in [1.807, 2.05) is 68.4 Å². The predicted molar refractivity (Wildman–Crippen MR) is 187 cm³/mol. The number of amides is 1. The number of carbonyl (C=O) groups excluding carboxylic acids is 1. The molecule has 1 saturated carbocycles. The number of allylic oxidation sites excluding steroid dienone is 2. The van der Waals surface area contributed by atoms with Gasteiger partial charge in [0.25, 0.3) is 5.91 Å². The van der Waals surface area contributed by atoms with Crippen molar-refractivity contribution >= 4 is 45.1 Å². The zero-order chi connectivity index (χ0) is 31.1. The summed E-state index contributed by atoms with van der Waals surface area (Å²) < 4.78 is 0.875. The highest BCUT2D eigenvalue weighted by atomic mass is 79.9. The fourth-order valence-electron chi connectivity index (χ4n) is 4.43. The van der Waals surface area contributed by atoms with E-state index in [0.717, 1.165) is 50.7 Å². The normalized spacial score (nSPS) is 18.0. The van der Waals surface area contributed by atoms with Gasteiger partial charge in [-0.2, -0.15) is 0 Å². The highest BCUT2D eigenvalue weighted by Gasteiger charge is 2.27. The average Bonchev–Trinajstić information content (AvgIpc) is 3.94. The Morgan fingerprint density at radius 3 is 2.21 bits per heavy atom. The summed E-state index contributed by atoms with van der Waals surface area (Å²) in [6.45, 7) is 17.4. The van der Waals surface area contributed by atoms with E-state index in [9.17, 15) is 4.79 Å². The topological polar surface area (TPSA) is 47.9 Å². The number of halogens is 1. The number of nitrogens with zero attached hydrogens (tertiary/aromatic N) is 3. The fraction of sp³-hybridized carbons (Fsp3) is 0.371. The van der Waals surface area contributed by atoms with Crippen LogP contribution in [0.4, 0.5) is 0 Å².